The van der Waals surface area contributed by atoms with Crippen LogP contribution in [0, 0.1) is 5.92 Å². The molecule has 0 saturated carbocycles. The van der Waals surface area contributed by atoms with E-state index in [1.807, 2.05) is 30.3 Å². The van der Waals surface area contributed by atoms with E-state index in [2.05, 4.69) is 25.2 Å². The fourth-order valence-electron chi connectivity index (χ4n) is 3.20. The van der Waals surface area contributed by atoms with Crippen molar-refractivity contribution in [3.63, 3.8) is 0 Å². The van der Waals surface area contributed by atoms with Gasteiger partial charge >= 0.3 is 0 Å². The van der Waals surface area contributed by atoms with E-state index in [-0.39, 0.29) is 48.7 Å². The zero-order valence-corrected chi connectivity index (χ0v) is 20.2. The Morgan fingerprint density at radius 3 is 2.45 bits per heavy atom. The van der Waals surface area contributed by atoms with Gasteiger partial charge in [0.2, 0.25) is 15.9 Å². The number of nitrogens with zero attached hydrogens (tertiary/aromatic N) is 2. The van der Waals surface area contributed by atoms with Gasteiger partial charge < -0.3 is 15.5 Å². The van der Waals surface area contributed by atoms with E-state index >= 15 is 0 Å². The first kappa shape index (κ1) is 25.6. The van der Waals surface area contributed by atoms with Crippen LogP contribution in [0.5, 0.6) is 0 Å². The van der Waals surface area contributed by atoms with Crippen molar-refractivity contribution in [1.82, 2.24) is 20.3 Å². The first-order valence-electron chi connectivity index (χ1n) is 9.61. The number of guanidine groups is 1. The van der Waals surface area contributed by atoms with Crippen LogP contribution in [0.25, 0.3) is 0 Å². The predicted molar refractivity (Wildman–Crippen MR) is 127 cm³/mol. The molecule has 29 heavy (non-hydrogen) atoms. The third kappa shape index (κ3) is 9.30. The Bertz CT molecular complexity index is 750. The van der Waals surface area contributed by atoms with Gasteiger partial charge in [-0.15, -0.1) is 24.0 Å². The summed E-state index contributed by atoms with van der Waals surface area (Å²) in [6, 6.07) is 9.43. The van der Waals surface area contributed by atoms with Crippen LogP contribution >= 0.6 is 24.0 Å². The van der Waals surface area contributed by atoms with Gasteiger partial charge in [0.25, 0.3) is 0 Å². The van der Waals surface area contributed by atoms with Gasteiger partial charge in [-0.25, -0.2) is 13.1 Å². The number of hydrogen-bond acceptors (Lipinski definition) is 4. The van der Waals surface area contributed by atoms with Crippen molar-refractivity contribution in [1.29, 1.82) is 0 Å². The molecular weight excluding hydrogens is 505 g/mol. The zero-order chi connectivity index (χ0) is 20.4. The van der Waals surface area contributed by atoms with E-state index in [0.29, 0.717) is 18.3 Å². The summed E-state index contributed by atoms with van der Waals surface area (Å²) < 4.78 is 27.0. The lowest BCUT2D eigenvalue weighted by atomic mass is 9.93. The van der Waals surface area contributed by atoms with Gasteiger partial charge in [-0.1, -0.05) is 30.3 Å². The molecule has 3 N–H and O–H groups in total. The molecule has 1 amide bonds. The Labute approximate surface area is 191 Å². The number of piperidine rings is 1. The highest BCUT2D eigenvalue weighted by atomic mass is 127. The number of halogens is 1. The summed E-state index contributed by atoms with van der Waals surface area (Å²) in [6.07, 6.45) is 2.40. The molecule has 10 heteroatoms. The minimum absolute atomic E-state index is 0. The zero-order valence-electron chi connectivity index (χ0n) is 17.1. The molecule has 0 radical (unpaired) electrons. The lowest BCUT2D eigenvalue weighted by Crippen LogP contribution is -2.47. The van der Waals surface area contributed by atoms with Crippen LogP contribution in [-0.4, -0.2) is 64.7 Å². The van der Waals surface area contributed by atoms with Gasteiger partial charge in [-0.2, -0.15) is 0 Å². The average molecular weight is 537 g/mol. The summed E-state index contributed by atoms with van der Waals surface area (Å²) in [7, 11) is -0.0158. The number of hydrogen-bond donors (Lipinski definition) is 3. The number of sulfonamides is 1. The summed E-state index contributed by atoms with van der Waals surface area (Å²) in [6.45, 7) is 2.19. The van der Waals surface area contributed by atoms with Crippen LogP contribution in [0.3, 0.4) is 0 Å². The Kier molecular flexibility index (Phi) is 11.5. The Balaban J connectivity index is 0.00000420. The number of benzene rings is 1. The summed E-state index contributed by atoms with van der Waals surface area (Å²) in [5.74, 6) is 1.15. The first-order chi connectivity index (χ1) is 13.4. The summed E-state index contributed by atoms with van der Waals surface area (Å²) in [5, 5.41) is 5.81. The molecule has 1 aliphatic heterocycles. The van der Waals surface area contributed by atoms with Crippen LogP contribution < -0.4 is 15.4 Å². The number of rotatable bonds is 8. The molecule has 1 aromatic rings. The molecule has 1 heterocycles. The molecule has 164 valence electrons. The van der Waals surface area contributed by atoms with Gasteiger partial charge in [-0.3, -0.25) is 9.79 Å². The van der Waals surface area contributed by atoms with Crippen molar-refractivity contribution < 1.29 is 13.2 Å². The third-order valence-corrected chi connectivity index (χ3v) is 6.20. The number of aliphatic imine (C=N–C) groups is 1. The molecule has 2 rings (SSSR count). The van der Waals surface area contributed by atoms with Crippen molar-refractivity contribution in [2.45, 2.75) is 25.8 Å². The maximum absolute atomic E-state index is 12.2. The van der Waals surface area contributed by atoms with Crippen molar-refractivity contribution in [2.24, 2.45) is 10.9 Å². The number of carbonyl (C=O) groups is 1. The third-order valence-electron chi connectivity index (χ3n) is 4.87. The molecule has 0 aliphatic carbocycles. The van der Waals surface area contributed by atoms with Crippen LogP contribution in [0.15, 0.2) is 35.3 Å². The second kappa shape index (κ2) is 13.0. The molecule has 1 fully saturated rings. The van der Waals surface area contributed by atoms with Crippen molar-refractivity contribution in [3.8, 4) is 0 Å². The van der Waals surface area contributed by atoms with E-state index in [4.69, 9.17) is 0 Å². The number of nitrogens with one attached hydrogen (secondary N) is 3. The second-order valence-corrected chi connectivity index (χ2v) is 8.83. The Hall–Kier alpha value is -1.40. The molecule has 0 spiro atoms. The van der Waals surface area contributed by atoms with E-state index in [0.717, 1.165) is 31.5 Å². The maximum Gasteiger partial charge on any atom is 0.220 e. The fraction of sp³-hybridized carbons (Fsp3) is 0.579. The first-order valence-corrected chi connectivity index (χ1v) is 11.3. The van der Waals surface area contributed by atoms with E-state index in [1.165, 1.54) is 0 Å². The van der Waals surface area contributed by atoms with E-state index in [9.17, 15) is 13.2 Å². The van der Waals surface area contributed by atoms with Gasteiger partial charge in [0, 0.05) is 46.7 Å². The largest absolute Gasteiger partial charge is 0.359 e. The number of carbonyl (C=O) groups excluding carboxylic acids is 1. The van der Waals surface area contributed by atoms with Crippen molar-refractivity contribution in [2.75, 3.05) is 39.5 Å². The highest BCUT2D eigenvalue weighted by Gasteiger charge is 2.23. The molecule has 1 aliphatic rings. The normalized spacial score (nSPS) is 15.5. The smallest absolute Gasteiger partial charge is 0.220 e. The number of likely N-dealkylation sites (tertiary alicyclic amines) is 1. The minimum atomic E-state index is -3.37. The lowest BCUT2D eigenvalue weighted by Gasteiger charge is -2.34. The van der Waals surface area contributed by atoms with Crippen LogP contribution in [0.4, 0.5) is 0 Å². The molecule has 8 nitrogen and oxygen atoms in total. The topological polar surface area (TPSA) is 103 Å². The van der Waals surface area contributed by atoms with Gasteiger partial charge in [0.1, 0.15) is 0 Å². The molecule has 0 bridgehead atoms. The van der Waals surface area contributed by atoms with Gasteiger partial charge in [-0.05, 0) is 24.3 Å². The molecule has 1 saturated heterocycles. The monoisotopic (exact) mass is 537 g/mol. The summed E-state index contributed by atoms with van der Waals surface area (Å²) >= 11 is 0. The van der Waals surface area contributed by atoms with Gasteiger partial charge in [0.05, 0.1) is 5.75 Å². The fourth-order valence-corrected chi connectivity index (χ4v) is 4.11. The average Bonchev–Trinajstić information content (AvgIpc) is 2.71. The second-order valence-electron chi connectivity index (χ2n) is 6.91. The lowest BCUT2D eigenvalue weighted by molar-refractivity contribution is -0.121. The highest BCUT2D eigenvalue weighted by Crippen LogP contribution is 2.20. The van der Waals surface area contributed by atoms with Crippen LogP contribution in [0.2, 0.25) is 0 Å². The molecule has 0 atom stereocenters. The standard InChI is InChI=1S/C19H31N5O3S.HI/c1-20-18(25)14-16-8-11-24(12-9-16)19(21-2)22-10-13-28(26,27)23-15-17-6-4-3-5-7-17;/h3-7,16,23H,8-15H2,1-2H3,(H,20,25)(H,21,22);1H. The van der Waals surface area contributed by atoms with E-state index < -0.39 is 10.0 Å². The quantitative estimate of drug-likeness (QED) is 0.262. The molecule has 0 aromatic heterocycles. The van der Waals surface area contributed by atoms with Crippen molar-refractivity contribution >= 4 is 45.9 Å². The molecule has 1 aromatic carbocycles. The predicted octanol–water partition coefficient (Wildman–Crippen LogP) is 1.15. The highest BCUT2D eigenvalue weighted by molar-refractivity contribution is 14.0. The summed E-state index contributed by atoms with van der Waals surface area (Å²) in [4.78, 5) is 17.9. The van der Waals surface area contributed by atoms with Crippen LogP contribution in [0.1, 0.15) is 24.8 Å². The van der Waals surface area contributed by atoms with Crippen LogP contribution in [-0.2, 0) is 21.4 Å². The Morgan fingerprint density at radius 1 is 1.21 bits per heavy atom. The molecule has 0 unspecified atom stereocenters. The minimum Gasteiger partial charge on any atom is -0.359 e. The number of amides is 1. The Morgan fingerprint density at radius 2 is 1.86 bits per heavy atom. The summed E-state index contributed by atoms with van der Waals surface area (Å²) in [5.41, 5.74) is 0.925. The van der Waals surface area contributed by atoms with Crippen molar-refractivity contribution in [3.05, 3.63) is 35.9 Å². The van der Waals surface area contributed by atoms with Gasteiger partial charge in [0.15, 0.2) is 5.96 Å². The van der Waals surface area contributed by atoms with E-state index in [1.54, 1.807) is 14.1 Å². The molecular formula is C19H32IN5O3S. The maximum atomic E-state index is 12.2. The SMILES string of the molecule is CN=C(NCCS(=O)(=O)NCc1ccccc1)N1CCC(CC(=O)NC)CC1.I.